The van der Waals surface area contributed by atoms with Gasteiger partial charge in [-0.3, -0.25) is 14.9 Å². The third-order valence-electron chi connectivity index (χ3n) is 6.79. The summed E-state index contributed by atoms with van der Waals surface area (Å²) >= 11 is 3.51. The van der Waals surface area contributed by atoms with Crippen LogP contribution in [0.3, 0.4) is 0 Å². The molecule has 9 nitrogen and oxygen atoms in total. The van der Waals surface area contributed by atoms with Crippen molar-refractivity contribution in [2.45, 2.75) is 31.8 Å². The molecule has 6 rings (SSSR count). The number of imidazole rings is 1. The lowest BCUT2D eigenvalue weighted by Crippen LogP contribution is -2.34. The number of nitrogens with zero attached hydrogens (tertiary/aromatic N) is 7. The van der Waals surface area contributed by atoms with Gasteiger partial charge >= 0.3 is 0 Å². The van der Waals surface area contributed by atoms with E-state index in [2.05, 4.69) is 47.5 Å². The number of rotatable bonds is 5. The maximum atomic E-state index is 10.00. The number of likely N-dealkylation sites (tertiary alicyclic amines) is 1. The van der Waals surface area contributed by atoms with E-state index in [0.29, 0.717) is 30.6 Å². The second-order valence-electron chi connectivity index (χ2n) is 9.22. The maximum absolute atomic E-state index is 10.00. The van der Waals surface area contributed by atoms with E-state index in [1.807, 2.05) is 18.7 Å². The molecule has 10 heteroatoms. The summed E-state index contributed by atoms with van der Waals surface area (Å²) in [6, 6.07) is 4.07. The van der Waals surface area contributed by atoms with Gasteiger partial charge in [-0.05, 0) is 58.5 Å². The van der Waals surface area contributed by atoms with Crippen molar-refractivity contribution in [3.63, 3.8) is 0 Å². The Morgan fingerprint density at radius 1 is 1.06 bits per heavy atom. The molecule has 36 heavy (non-hydrogen) atoms. The SMILES string of the molecule is Oc1cncc(-c2nc(C3=CCOCC3)c3ncn(C4CCN(Cc5cncc(Br)c5)CC4)c3n2)c1. The normalized spacial score (nSPS) is 17.4. The van der Waals surface area contributed by atoms with Gasteiger partial charge in [0.15, 0.2) is 11.5 Å². The van der Waals surface area contributed by atoms with Crippen LogP contribution in [0.4, 0.5) is 0 Å². The molecule has 0 unspecified atom stereocenters. The molecule has 0 aromatic carbocycles. The molecule has 6 heterocycles. The predicted octanol–water partition coefficient (Wildman–Crippen LogP) is 4.39. The number of halogens is 1. The van der Waals surface area contributed by atoms with Gasteiger partial charge in [0.2, 0.25) is 0 Å². The first-order valence-electron chi connectivity index (χ1n) is 12.1. The number of piperidine rings is 1. The minimum Gasteiger partial charge on any atom is -0.506 e. The van der Waals surface area contributed by atoms with E-state index in [9.17, 15) is 5.11 Å². The third kappa shape index (κ3) is 4.76. The van der Waals surface area contributed by atoms with Crippen molar-refractivity contribution in [1.82, 2.24) is 34.4 Å². The molecule has 0 radical (unpaired) electrons. The van der Waals surface area contributed by atoms with Crippen LogP contribution < -0.4 is 0 Å². The monoisotopic (exact) mass is 547 g/mol. The number of ether oxygens (including phenoxy) is 1. The molecule has 2 aliphatic heterocycles. The first-order chi connectivity index (χ1) is 17.6. The molecule has 1 fully saturated rings. The minimum atomic E-state index is 0.0876. The van der Waals surface area contributed by atoms with Crippen molar-refractivity contribution in [3.8, 4) is 17.1 Å². The standard InChI is InChI=1S/C26H26BrN7O2/c27-20-9-17(11-28-13-20)15-33-5-1-21(2-6-33)34-16-30-24-23(18-3-7-36-8-4-18)31-25(32-26(24)34)19-10-22(35)14-29-12-19/h3,9-14,16,21,35H,1-2,4-8,15H2. The lowest BCUT2D eigenvalue weighted by atomic mass is 10.0. The van der Waals surface area contributed by atoms with Gasteiger partial charge < -0.3 is 14.4 Å². The van der Waals surface area contributed by atoms with E-state index >= 15 is 0 Å². The summed E-state index contributed by atoms with van der Waals surface area (Å²) in [6.07, 6.45) is 13.6. The molecule has 2 aliphatic rings. The van der Waals surface area contributed by atoms with Crippen LogP contribution >= 0.6 is 15.9 Å². The van der Waals surface area contributed by atoms with Crippen molar-refractivity contribution in [2.75, 3.05) is 26.3 Å². The van der Waals surface area contributed by atoms with E-state index in [-0.39, 0.29) is 5.75 Å². The molecule has 0 aliphatic carbocycles. The zero-order valence-corrected chi connectivity index (χ0v) is 21.3. The highest BCUT2D eigenvalue weighted by atomic mass is 79.9. The highest BCUT2D eigenvalue weighted by Gasteiger charge is 2.25. The van der Waals surface area contributed by atoms with Gasteiger partial charge in [-0.25, -0.2) is 15.0 Å². The fraction of sp³-hybridized carbons (Fsp3) is 0.346. The number of aromatic hydroxyl groups is 1. The summed E-state index contributed by atoms with van der Waals surface area (Å²) in [7, 11) is 0. The summed E-state index contributed by atoms with van der Waals surface area (Å²) in [5, 5.41) is 10.00. The molecule has 0 bridgehead atoms. The van der Waals surface area contributed by atoms with Crippen molar-refractivity contribution in [2.24, 2.45) is 0 Å². The van der Waals surface area contributed by atoms with Crippen LogP contribution in [0, 0.1) is 0 Å². The highest BCUT2D eigenvalue weighted by molar-refractivity contribution is 9.10. The number of hydrogen-bond acceptors (Lipinski definition) is 8. The van der Waals surface area contributed by atoms with Crippen molar-refractivity contribution in [1.29, 1.82) is 0 Å². The Labute approximate surface area is 217 Å². The van der Waals surface area contributed by atoms with E-state index in [1.165, 1.54) is 11.8 Å². The fourth-order valence-electron chi connectivity index (χ4n) is 4.99. The molecule has 4 aromatic rings. The Morgan fingerprint density at radius 3 is 2.69 bits per heavy atom. The Kier molecular flexibility index (Phi) is 6.47. The number of aromatic nitrogens is 6. The first kappa shape index (κ1) is 23.2. The number of hydrogen-bond donors (Lipinski definition) is 1. The Bertz CT molecular complexity index is 1430. The number of pyridine rings is 2. The third-order valence-corrected chi connectivity index (χ3v) is 7.22. The average molecular weight is 548 g/mol. The van der Waals surface area contributed by atoms with Crippen LogP contribution in [0.25, 0.3) is 28.1 Å². The summed E-state index contributed by atoms with van der Waals surface area (Å²) < 4.78 is 8.74. The van der Waals surface area contributed by atoms with Crippen LogP contribution in [0.2, 0.25) is 0 Å². The van der Waals surface area contributed by atoms with Crippen molar-refractivity contribution >= 4 is 32.7 Å². The lowest BCUT2D eigenvalue weighted by molar-refractivity contribution is 0.161. The lowest BCUT2D eigenvalue weighted by Gasteiger charge is -2.32. The van der Waals surface area contributed by atoms with Gasteiger partial charge in [0, 0.05) is 54.3 Å². The zero-order chi connectivity index (χ0) is 24.5. The molecule has 184 valence electrons. The average Bonchev–Trinajstić information content (AvgIpc) is 3.33. The van der Waals surface area contributed by atoms with Gasteiger partial charge in [0.25, 0.3) is 0 Å². The quantitative estimate of drug-likeness (QED) is 0.392. The van der Waals surface area contributed by atoms with E-state index in [1.54, 1.807) is 12.3 Å². The smallest absolute Gasteiger partial charge is 0.164 e. The van der Waals surface area contributed by atoms with Crippen LogP contribution in [0.5, 0.6) is 5.75 Å². The molecule has 1 saturated heterocycles. The molecular weight excluding hydrogens is 522 g/mol. The summed E-state index contributed by atoms with van der Waals surface area (Å²) in [5.74, 6) is 0.624. The van der Waals surface area contributed by atoms with Crippen molar-refractivity contribution in [3.05, 3.63) is 65.1 Å². The maximum Gasteiger partial charge on any atom is 0.164 e. The Balaban J connectivity index is 1.32. The fourth-order valence-corrected chi connectivity index (χ4v) is 5.40. The van der Waals surface area contributed by atoms with Gasteiger partial charge in [0.1, 0.15) is 11.3 Å². The van der Waals surface area contributed by atoms with E-state index in [0.717, 1.165) is 65.8 Å². The zero-order valence-electron chi connectivity index (χ0n) is 19.7. The van der Waals surface area contributed by atoms with Crippen LogP contribution in [-0.4, -0.2) is 65.8 Å². The second-order valence-corrected chi connectivity index (χ2v) is 10.1. The second kappa shape index (κ2) is 10.0. The molecule has 0 saturated carbocycles. The molecule has 4 aromatic heterocycles. The highest BCUT2D eigenvalue weighted by Crippen LogP contribution is 2.32. The van der Waals surface area contributed by atoms with Gasteiger partial charge in [-0.1, -0.05) is 6.08 Å². The number of fused-ring (bicyclic) bond motifs is 1. The first-order valence-corrected chi connectivity index (χ1v) is 12.9. The van der Waals surface area contributed by atoms with Gasteiger partial charge in [0.05, 0.1) is 31.4 Å². The predicted molar refractivity (Wildman–Crippen MR) is 139 cm³/mol. The van der Waals surface area contributed by atoms with Crippen LogP contribution in [0.15, 0.2) is 53.8 Å². The van der Waals surface area contributed by atoms with Crippen LogP contribution in [0.1, 0.15) is 36.6 Å². The molecule has 1 N–H and O–H groups in total. The van der Waals surface area contributed by atoms with Gasteiger partial charge in [-0.2, -0.15) is 0 Å². The summed E-state index contributed by atoms with van der Waals surface area (Å²) in [6.45, 7) is 4.09. The summed E-state index contributed by atoms with van der Waals surface area (Å²) in [5.41, 5.74) is 5.46. The topological polar surface area (TPSA) is 102 Å². The van der Waals surface area contributed by atoms with Gasteiger partial charge in [-0.15, -0.1) is 0 Å². The van der Waals surface area contributed by atoms with Crippen LogP contribution in [-0.2, 0) is 11.3 Å². The minimum absolute atomic E-state index is 0.0876. The van der Waals surface area contributed by atoms with E-state index in [4.69, 9.17) is 19.7 Å². The van der Waals surface area contributed by atoms with E-state index < -0.39 is 0 Å². The Hall–Kier alpha value is -3.21. The largest absolute Gasteiger partial charge is 0.506 e. The molecular formula is C26H26BrN7O2. The van der Waals surface area contributed by atoms with Crippen molar-refractivity contribution < 1.29 is 9.84 Å². The molecule has 0 atom stereocenters. The molecule has 0 spiro atoms. The summed E-state index contributed by atoms with van der Waals surface area (Å²) in [4.78, 5) is 25.5. The Morgan fingerprint density at radius 2 is 1.92 bits per heavy atom. The molecule has 0 amide bonds.